The maximum atomic E-state index is 12.7. The van der Waals surface area contributed by atoms with Crippen molar-refractivity contribution in [1.82, 2.24) is 19.8 Å². The number of benzene rings is 1. The molecule has 0 spiro atoms. The molecule has 5 heteroatoms. The molecule has 0 radical (unpaired) electrons. The van der Waals surface area contributed by atoms with E-state index in [0.29, 0.717) is 12.5 Å². The lowest BCUT2D eigenvalue weighted by molar-refractivity contribution is -0.126. The Balaban J connectivity index is 1.39. The standard InChI is InChI=1S/C19H26N4O/c1-14-21-16-6-2-3-7-17(16)23(14)13-10-20-19(24)18(15-8-9-15)22-11-4-5-12-22/h2-3,6-7,15,18H,4-5,8-13H2,1H3,(H,20,24)/t18-/m0/s1. The van der Waals surface area contributed by atoms with Crippen LogP contribution in [0.25, 0.3) is 11.0 Å². The molecule has 1 saturated carbocycles. The molecule has 2 aromatic rings. The van der Waals surface area contributed by atoms with Crippen LogP contribution in [0.1, 0.15) is 31.5 Å². The second-order valence-electron chi connectivity index (χ2n) is 7.12. The van der Waals surface area contributed by atoms with E-state index >= 15 is 0 Å². The third kappa shape index (κ3) is 3.05. The van der Waals surface area contributed by atoms with Crippen molar-refractivity contribution in [2.75, 3.05) is 19.6 Å². The number of para-hydroxylation sites is 2. The number of hydrogen-bond donors (Lipinski definition) is 1. The summed E-state index contributed by atoms with van der Waals surface area (Å²) in [5, 5.41) is 3.18. The van der Waals surface area contributed by atoms with Crippen molar-refractivity contribution in [3.8, 4) is 0 Å². The first-order chi connectivity index (χ1) is 11.7. The van der Waals surface area contributed by atoms with Crippen LogP contribution in [0, 0.1) is 12.8 Å². The summed E-state index contributed by atoms with van der Waals surface area (Å²) < 4.78 is 2.19. The van der Waals surface area contributed by atoms with Gasteiger partial charge in [-0.3, -0.25) is 9.69 Å². The molecule has 1 aliphatic carbocycles. The third-order valence-electron chi connectivity index (χ3n) is 5.35. The molecule has 0 unspecified atom stereocenters. The molecule has 2 aliphatic rings. The fourth-order valence-electron chi connectivity index (χ4n) is 3.98. The molecule has 5 nitrogen and oxygen atoms in total. The SMILES string of the molecule is Cc1nc2ccccc2n1CCNC(=O)[C@H](C1CC1)N1CCCC1. The van der Waals surface area contributed by atoms with E-state index in [1.165, 1.54) is 25.7 Å². The zero-order valence-corrected chi connectivity index (χ0v) is 14.4. The number of carbonyl (C=O) groups excluding carboxylic acids is 1. The van der Waals surface area contributed by atoms with Gasteiger partial charge in [0.15, 0.2) is 0 Å². The van der Waals surface area contributed by atoms with Crippen LogP contribution in [0.5, 0.6) is 0 Å². The molecule has 4 rings (SSSR count). The Morgan fingerprint density at radius 2 is 2.04 bits per heavy atom. The second kappa shape index (κ2) is 6.55. The number of likely N-dealkylation sites (tertiary alicyclic amines) is 1. The lowest BCUT2D eigenvalue weighted by Crippen LogP contribution is -2.47. The fourth-order valence-corrected chi connectivity index (χ4v) is 3.98. The zero-order valence-electron chi connectivity index (χ0n) is 14.4. The van der Waals surface area contributed by atoms with E-state index in [-0.39, 0.29) is 11.9 Å². The van der Waals surface area contributed by atoms with E-state index in [1.54, 1.807) is 0 Å². The number of nitrogens with one attached hydrogen (secondary N) is 1. The smallest absolute Gasteiger partial charge is 0.237 e. The van der Waals surface area contributed by atoms with E-state index in [1.807, 2.05) is 25.1 Å². The minimum absolute atomic E-state index is 0.105. The molecule has 1 amide bonds. The van der Waals surface area contributed by atoms with Gasteiger partial charge in [0.2, 0.25) is 5.91 Å². The Labute approximate surface area is 143 Å². The molecule has 128 valence electrons. The molecule has 1 aromatic carbocycles. The molecule has 1 N–H and O–H groups in total. The highest BCUT2D eigenvalue weighted by molar-refractivity contribution is 5.82. The predicted octanol–water partition coefficient (Wildman–Crippen LogP) is 2.34. The maximum Gasteiger partial charge on any atom is 0.237 e. The first-order valence-electron chi connectivity index (χ1n) is 9.17. The summed E-state index contributed by atoms with van der Waals surface area (Å²) in [5.74, 6) is 1.81. The van der Waals surface area contributed by atoms with Gasteiger partial charge in [0.1, 0.15) is 5.82 Å². The van der Waals surface area contributed by atoms with E-state index in [0.717, 1.165) is 36.5 Å². The van der Waals surface area contributed by atoms with Crippen LogP contribution >= 0.6 is 0 Å². The number of carbonyl (C=O) groups is 1. The highest BCUT2D eigenvalue weighted by Gasteiger charge is 2.40. The largest absolute Gasteiger partial charge is 0.353 e. The highest BCUT2D eigenvalue weighted by atomic mass is 16.2. The predicted molar refractivity (Wildman–Crippen MR) is 94.8 cm³/mol. The van der Waals surface area contributed by atoms with Gasteiger partial charge in [-0.25, -0.2) is 4.98 Å². The Kier molecular flexibility index (Phi) is 4.27. The zero-order chi connectivity index (χ0) is 16.5. The molecule has 1 aromatic heterocycles. The topological polar surface area (TPSA) is 50.2 Å². The van der Waals surface area contributed by atoms with Crippen molar-refractivity contribution in [2.24, 2.45) is 5.92 Å². The summed E-state index contributed by atoms with van der Waals surface area (Å²) >= 11 is 0. The average Bonchev–Trinajstić information content (AvgIpc) is 3.15. The van der Waals surface area contributed by atoms with Crippen molar-refractivity contribution in [3.05, 3.63) is 30.1 Å². The van der Waals surface area contributed by atoms with Crippen LogP contribution in [0.15, 0.2) is 24.3 Å². The summed E-state index contributed by atoms with van der Waals surface area (Å²) in [6, 6.07) is 8.28. The van der Waals surface area contributed by atoms with Gasteiger partial charge in [-0.05, 0) is 63.7 Å². The Bertz CT molecular complexity index is 728. The lowest BCUT2D eigenvalue weighted by atomic mass is 10.1. The number of fused-ring (bicyclic) bond motifs is 1. The Hall–Kier alpha value is -1.88. The van der Waals surface area contributed by atoms with Gasteiger partial charge in [-0.2, -0.15) is 0 Å². The van der Waals surface area contributed by atoms with E-state index in [4.69, 9.17) is 0 Å². The first kappa shape index (κ1) is 15.6. The normalized spacial score (nSPS) is 19.7. The van der Waals surface area contributed by atoms with Crippen molar-refractivity contribution < 1.29 is 4.79 Å². The fraction of sp³-hybridized carbons (Fsp3) is 0.579. The quantitative estimate of drug-likeness (QED) is 0.886. The molecule has 2 fully saturated rings. The molecule has 1 aliphatic heterocycles. The Morgan fingerprint density at radius 3 is 2.79 bits per heavy atom. The maximum absolute atomic E-state index is 12.7. The van der Waals surface area contributed by atoms with Gasteiger partial charge < -0.3 is 9.88 Å². The van der Waals surface area contributed by atoms with Gasteiger partial charge in [0, 0.05) is 13.1 Å². The van der Waals surface area contributed by atoms with Crippen molar-refractivity contribution in [1.29, 1.82) is 0 Å². The number of aromatic nitrogens is 2. The number of imidazole rings is 1. The second-order valence-corrected chi connectivity index (χ2v) is 7.12. The average molecular weight is 326 g/mol. The molecule has 1 saturated heterocycles. The summed E-state index contributed by atoms with van der Waals surface area (Å²) in [6.45, 7) is 5.63. The van der Waals surface area contributed by atoms with Crippen molar-refractivity contribution in [2.45, 2.75) is 45.2 Å². The van der Waals surface area contributed by atoms with Gasteiger partial charge in [0.25, 0.3) is 0 Å². The van der Waals surface area contributed by atoms with Gasteiger partial charge in [-0.15, -0.1) is 0 Å². The number of amides is 1. The summed E-state index contributed by atoms with van der Waals surface area (Å²) in [7, 11) is 0. The van der Waals surface area contributed by atoms with Gasteiger partial charge >= 0.3 is 0 Å². The highest BCUT2D eigenvalue weighted by Crippen LogP contribution is 2.36. The van der Waals surface area contributed by atoms with Crippen LogP contribution in [0.3, 0.4) is 0 Å². The molecule has 0 bridgehead atoms. The van der Waals surface area contributed by atoms with E-state index in [2.05, 4.69) is 25.8 Å². The minimum Gasteiger partial charge on any atom is -0.353 e. The van der Waals surface area contributed by atoms with Gasteiger partial charge in [0.05, 0.1) is 17.1 Å². The van der Waals surface area contributed by atoms with Crippen molar-refractivity contribution in [3.63, 3.8) is 0 Å². The summed E-state index contributed by atoms with van der Waals surface area (Å²) in [4.78, 5) is 19.7. The van der Waals surface area contributed by atoms with Gasteiger partial charge in [-0.1, -0.05) is 12.1 Å². The van der Waals surface area contributed by atoms with Crippen LogP contribution in [-0.2, 0) is 11.3 Å². The summed E-state index contributed by atoms with van der Waals surface area (Å²) in [5.41, 5.74) is 2.16. The lowest BCUT2D eigenvalue weighted by Gasteiger charge is -2.26. The third-order valence-corrected chi connectivity index (χ3v) is 5.35. The van der Waals surface area contributed by atoms with Crippen LogP contribution in [-0.4, -0.2) is 46.0 Å². The summed E-state index contributed by atoms with van der Waals surface area (Å²) in [6.07, 6.45) is 4.88. The van der Waals surface area contributed by atoms with Crippen LogP contribution < -0.4 is 5.32 Å². The first-order valence-corrected chi connectivity index (χ1v) is 9.17. The number of hydrogen-bond acceptors (Lipinski definition) is 3. The minimum atomic E-state index is 0.105. The molecule has 24 heavy (non-hydrogen) atoms. The van der Waals surface area contributed by atoms with Crippen LogP contribution in [0.4, 0.5) is 0 Å². The molecule has 2 heterocycles. The van der Waals surface area contributed by atoms with Crippen molar-refractivity contribution >= 4 is 16.9 Å². The molecule has 1 atom stereocenters. The molecular formula is C19H26N4O. The number of rotatable bonds is 6. The molecular weight excluding hydrogens is 300 g/mol. The van der Waals surface area contributed by atoms with Crippen LogP contribution in [0.2, 0.25) is 0 Å². The Morgan fingerprint density at radius 1 is 1.29 bits per heavy atom. The van der Waals surface area contributed by atoms with E-state index < -0.39 is 0 Å². The monoisotopic (exact) mass is 326 g/mol. The number of aryl methyl sites for hydroxylation is 1. The van der Waals surface area contributed by atoms with E-state index in [9.17, 15) is 4.79 Å². The number of nitrogens with zero attached hydrogens (tertiary/aromatic N) is 3.